The van der Waals surface area contributed by atoms with Crippen LogP contribution in [0.4, 0.5) is 0 Å². The van der Waals surface area contributed by atoms with Crippen LogP contribution in [0.1, 0.15) is 58.3 Å². The van der Waals surface area contributed by atoms with Crippen LogP contribution in [0.5, 0.6) is 0 Å². The van der Waals surface area contributed by atoms with E-state index in [0.717, 1.165) is 24.0 Å². The van der Waals surface area contributed by atoms with Crippen molar-refractivity contribution in [2.45, 2.75) is 70.4 Å². The number of likely N-dealkylation sites (tertiary alicyclic amines) is 1. The van der Waals surface area contributed by atoms with Crippen molar-refractivity contribution in [2.24, 2.45) is 5.41 Å². The molecular weight excluding hydrogens is 208 g/mol. The largest absolute Gasteiger partial charge is 0.313 e. The fourth-order valence-corrected chi connectivity index (χ4v) is 4.06. The van der Waals surface area contributed by atoms with Crippen molar-refractivity contribution in [1.29, 1.82) is 0 Å². The van der Waals surface area contributed by atoms with E-state index in [-0.39, 0.29) is 0 Å². The van der Waals surface area contributed by atoms with Crippen molar-refractivity contribution < 1.29 is 0 Å². The monoisotopic (exact) mass is 236 g/mol. The van der Waals surface area contributed by atoms with Crippen LogP contribution in [0.15, 0.2) is 0 Å². The lowest BCUT2D eigenvalue weighted by molar-refractivity contribution is 0.0776. The van der Waals surface area contributed by atoms with Crippen LogP contribution in [-0.2, 0) is 0 Å². The molecule has 2 nitrogen and oxygen atoms in total. The molecule has 3 rings (SSSR count). The van der Waals surface area contributed by atoms with Crippen LogP contribution in [-0.4, -0.2) is 36.6 Å². The Bertz CT molecular complexity index is 248. The van der Waals surface area contributed by atoms with Gasteiger partial charge in [-0.1, -0.05) is 19.8 Å². The predicted molar refractivity (Wildman–Crippen MR) is 72.2 cm³/mol. The van der Waals surface area contributed by atoms with Gasteiger partial charge in [-0.2, -0.15) is 0 Å². The van der Waals surface area contributed by atoms with Crippen molar-refractivity contribution in [1.82, 2.24) is 10.2 Å². The molecule has 0 aromatic rings. The van der Waals surface area contributed by atoms with E-state index in [2.05, 4.69) is 17.1 Å². The van der Waals surface area contributed by atoms with Crippen LogP contribution in [0.2, 0.25) is 0 Å². The summed E-state index contributed by atoms with van der Waals surface area (Å²) in [6, 6.07) is 1.63. The quantitative estimate of drug-likeness (QED) is 0.810. The third-order valence-corrected chi connectivity index (χ3v) is 5.48. The second kappa shape index (κ2) is 4.89. The summed E-state index contributed by atoms with van der Waals surface area (Å²) in [5.41, 5.74) is 0.832. The predicted octanol–water partition coefficient (Wildman–Crippen LogP) is 2.78. The molecule has 17 heavy (non-hydrogen) atoms. The summed E-state index contributed by atoms with van der Waals surface area (Å²) in [4.78, 5) is 2.82. The molecule has 2 aliphatic carbocycles. The van der Waals surface area contributed by atoms with E-state index in [9.17, 15) is 0 Å². The number of rotatable bonds is 3. The summed E-state index contributed by atoms with van der Waals surface area (Å²) in [6.07, 6.45) is 11.8. The molecule has 1 spiro atoms. The maximum atomic E-state index is 3.73. The van der Waals surface area contributed by atoms with E-state index < -0.39 is 0 Å². The molecule has 1 heterocycles. The molecule has 0 aromatic carbocycles. The van der Waals surface area contributed by atoms with Gasteiger partial charge in [0, 0.05) is 12.1 Å². The van der Waals surface area contributed by atoms with E-state index in [1.54, 1.807) is 0 Å². The van der Waals surface area contributed by atoms with Crippen LogP contribution in [0.25, 0.3) is 0 Å². The molecule has 1 N–H and O–H groups in total. The fourth-order valence-electron chi connectivity index (χ4n) is 4.06. The number of nitrogens with one attached hydrogen (secondary N) is 1. The first-order chi connectivity index (χ1) is 8.33. The first kappa shape index (κ1) is 12.0. The van der Waals surface area contributed by atoms with Crippen LogP contribution < -0.4 is 5.32 Å². The van der Waals surface area contributed by atoms with E-state index in [1.807, 2.05) is 0 Å². The number of piperidine rings is 1. The second-order valence-corrected chi connectivity index (χ2v) is 6.55. The number of hydrogen-bond donors (Lipinski definition) is 1. The first-order valence-corrected chi connectivity index (χ1v) is 7.80. The highest BCUT2D eigenvalue weighted by atomic mass is 15.2. The number of hydrogen-bond acceptors (Lipinski definition) is 2. The molecule has 0 unspecified atom stereocenters. The zero-order valence-corrected chi connectivity index (χ0v) is 11.4. The Morgan fingerprint density at radius 3 is 2.41 bits per heavy atom. The van der Waals surface area contributed by atoms with Crippen molar-refractivity contribution in [2.75, 3.05) is 19.6 Å². The average molecular weight is 236 g/mol. The van der Waals surface area contributed by atoms with E-state index in [4.69, 9.17) is 0 Å². The normalized spacial score (nSPS) is 37.2. The second-order valence-electron chi connectivity index (χ2n) is 6.55. The van der Waals surface area contributed by atoms with Gasteiger partial charge in [-0.05, 0) is 63.6 Å². The van der Waals surface area contributed by atoms with Gasteiger partial charge in [0.25, 0.3) is 0 Å². The third kappa shape index (κ3) is 2.53. The molecule has 1 saturated heterocycles. The number of nitrogens with zero attached hydrogens (tertiary/aromatic N) is 1. The zero-order valence-electron chi connectivity index (χ0n) is 11.4. The highest BCUT2D eigenvalue weighted by Gasteiger charge is 2.45. The zero-order chi connectivity index (χ0) is 11.7. The van der Waals surface area contributed by atoms with Gasteiger partial charge >= 0.3 is 0 Å². The molecule has 3 fully saturated rings. The molecule has 0 aromatic heterocycles. The molecule has 0 radical (unpaired) electrons. The fraction of sp³-hybridized carbons (Fsp3) is 1.00. The molecule has 1 aliphatic heterocycles. The van der Waals surface area contributed by atoms with Crippen molar-refractivity contribution in [3.05, 3.63) is 0 Å². The molecule has 98 valence electrons. The highest BCUT2D eigenvalue weighted by Crippen LogP contribution is 2.54. The van der Waals surface area contributed by atoms with Crippen molar-refractivity contribution >= 4 is 0 Å². The maximum Gasteiger partial charge on any atom is 0.0249 e. The Morgan fingerprint density at radius 2 is 1.76 bits per heavy atom. The van der Waals surface area contributed by atoms with Gasteiger partial charge in [0.1, 0.15) is 0 Å². The molecule has 0 amide bonds. The first-order valence-electron chi connectivity index (χ1n) is 7.80. The average Bonchev–Trinajstić information content (AvgIpc) is 3.12. The summed E-state index contributed by atoms with van der Waals surface area (Å²) >= 11 is 0. The Labute approximate surface area is 106 Å². The molecule has 2 saturated carbocycles. The summed E-state index contributed by atoms with van der Waals surface area (Å²) in [6.45, 7) is 6.15. The van der Waals surface area contributed by atoms with Crippen molar-refractivity contribution in [3.63, 3.8) is 0 Å². The highest BCUT2D eigenvalue weighted by molar-refractivity contribution is 4.99. The molecular formula is C15H28N2. The molecule has 0 bridgehead atoms. The third-order valence-electron chi connectivity index (χ3n) is 5.48. The van der Waals surface area contributed by atoms with E-state index >= 15 is 0 Å². The molecule has 2 atom stereocenters. The summed E-state index contributed by atoms with van der Waals surface area (Å²) < 4.78 is 0. The summed E-state index contributed by atoms with van der Waals surface area (Å²) in [5, 5.41) is 3.73. The minimum Gasteiger partial charge on any atom is -0.313 e. The topological polar surface area (TPSA) is 15.3 Å². The smallest absolute Gasteiger partial charge is 0.0249 e. The number of likely N-dealkylation sites (N-methyl/N-ethyl adjacent to an activating group) is 1. The maximum absolute atomic E-state index is 3.73. The van der Waals surface area contributed by atoms with Crippen LogP contribution >= 0.6 is 0 Å². The Hall–Kier alpha value is -0.0800. The SMILES string of the molecule is CCN[C@H]1CCCC[C@@H]1N1CCC2(CC1)CC2. The van der Waals surface area contributed by atoms with Crippen LogP contribution in [0, 0.1) is 5.41 Å². The lowest BCUT2D eigenvalue weighted by atomic mass is 9.86. The van der Waals surface area contributed by atoms with Gasteiger partial charge in [-0.15, -0.1) is 0 Å². The lowest BCUT2D eigenvalue weighted by Gasteiger charge is -2.43. The van der Waals surface area contributed by atoms with Crippen molar-refractivity contribution in [3.8, 4) is 0 Å². The minimum atomic E-state index is 0.780. The Balaban J connectivity index is 1.57. The van der Waals surface area contributed by atoms with E-state index in [1.165, 1.54) is 64.5 Å². The Kier molecular flexibility index (Phi) is 3.45. The summed E-state index contributed by atoms with van der Waals surface area (Å²) in [7, 11) is 0. The van der Waals surface area contributed by atoms with Gasteiger partial charge in [0.05, 0.1) is 0 Å². The Morgan fingerprint density at radius 1 is 1.06 bits per heavy atom. The molecule has 2 heteroatoms. The summed E-state index contributed by atoms with van der Waals surface area (Å²) in [5.74, 6) is 0. The van der Waals surface area contributed by atoms with Gasteiger partial charge < -0.3 is 5.32 Å². The van der Waals surface area contributed by atoms with Crippen LogP contribution in [0.3, 0.4) is 0 Å². The van der Waals surface area contributed by atoms with E-state index in [0.29, 0.717) is 0 Å². The van der Waals surface area contributed by atoms with Gasteiger partial charge in [-0.3, -0.25) is 4.90 Å². The van der Waals surface area contributed by atoms with Gasteiger partial charge in [0.2, 0.25) is 0 Å². The van der Waals surface area contributed by atoms with Gasteiger partial charge in [-0.25, -0.2) is 0 Å². The lowest BCUT2D eigenvalue weighted by Crippen LogP contribution is -2.54. The van der Waals surface area contributed by atoms with Gasteiger partial charge in [0.15, 0.2) is 0 Å². The minimum absolute atomic E-state index is 0.780. The standard InChI is InChI=1S/C15H28N2/c1-2-16-13-5-3-4-6-14(13)17-11-9-15(7-8-15)10-12-17/h13-14,16H,2-12H2,1H3/t13-,14-/m0/s1. The molecule has 3 aliphatic rings.